The maximum Gasteiger partial charge on any atom is 0.147 e. The molecule has 0 unspecified atom stereocenters. The molecule has 1 aromatic heterocycles. The molecular formula is C17H22FN5. The number of rotatable bonds is 3. The summed E-state index contributed by atoms with van der Waals surface area (Å²) in [6, 6.07) is 5.71. The van der Waals surface area contributed by atoms with Crippen LogP contribution in [0.1, 0.15) is 30.7 Å². The highest BCUT2D eigenvalue weighted by molar-refractivity contribution is 5.48. The fourth-order valence-electron chi connectivity index (χ4n) is 3.51. The number of anilines is 1. The molecule has 0 N–H and O–H groups in total. The summed E-state index contributed by atoms with van der Waals surface area (Å²) >= 11 is 0. The van der Waals surface area contributed by atoms with Crippen molar-refractivity contribution < 1.29 is 4.39 Å². The Kier molecular flexibility index (Phi) is 3.99. The van der Waals surface area contributed by atoms with Gasteiger partial charge in [0.1, 0.15) is 18.0 Å². The van der Waals surface area contributed by atoms with Gasteiger partial charge in [0.05, 0.1) is 6.54 Å². The first kappa shape index (κ1) is 14.6. The predicted octanol–water partition coefficient (Wildman–Crippen LogP) is 2.42. The van der Waals surface area contributed by atoms with Gasteiger partial charge in [-0.1, -0.05) is 6.07 Å². The lowest BCUT2D eigenvalue weighted by Gasteiger charge is -2.30. The Balaban J connectivity index is 1.45. The van der Waals surface area contributed by atoms with E-state index in [-0.39, 0.29) is 5.82 Å². The third-order valence-corrected chi connectivity index (χ3v) is 4.87. The molecule has 0 spiro atoms. The number of piperidine rings is 1. The van der Waals surface area contributed by atoms with E-state index < -0.39 is 0 Å². The zero-order valence-corrected chi connectivity index (χ0v) is 13.3. The average Bonchev–Trinajstić information content (AvgIpc) is 3.05. The van der Waals surface area contributed by atoms with Gasteiger partial charge in [0.15, 0.2) is 0 Å². The van der Waals surface area contributed by atoms with E-state index in [0.29, 0.717) is 6.54 Å². The van der Waals surface area contributed by atoms with E-state index in [2.05, 4.69) is 30.6 Å². The molecule has 6 heteroatoms. The standard InChI is InChI=1S/C17H22FN5/c18-16-10-15(22-6-2-1-3-7-22)5-4-14(16)11-21-8-9-23-13-19-20-17(23)12-21/h4-5,10,13H,1-3,6-9,11-12H2. The van der Waals surface area contributed by atoms with Crippen molar-refractivity contribution in [2.75, 3.05) is 24.5 Å². The van der Waals surface area contributed by atoms with Gasteiger partial charge in [0.2, 0.25) is 0 Å². The van der Waals surface area contributed by atoms with Gasteiger partial charge < -0.3 is 9.47 Å². The number of nitrogens with zero attached hydrogens (tertiary/aromatic N) is 5. The first-order chi connectivity index (χ1) is 11.3. The summed E-state index contributed by atoms with van der Waals surface area (Å²) in [6.45, 7) is 5.21. The lowest BCUT2D eigenvalue weighted by molar-refractivity contribution is 0.206. The number of hydrogen-bond donors (Lipinski definition) is 0. The molecule has 1 saturated heterocycles. The lowest BCUT2D eigenvalue weighted by Crippen LogP contribution is -2.33. The highest BCUT2D eigenvalue weighted by Gasteiger charge is 2.19. The molecule has 4 rings (SSSR count). The predicted molar refractivity (Wildman–Crippen MR) is 86.6 cm³/mol. The summed E-state index contributed by atoms with van der Waals surface area (Å²) in [4.78, 5) is 4.52. The molecule has 3 heterocycles. The fraction of sp³-hybridized carbons (Fsp3) is 0.529. The molecule has 1 aromatic carbocycles. The van der Waals surface area contributed by atoms with Gasteiger partial charge in [-0.05, 0) is 31.4 Å². The van der Waals surface area contributed by atoms with E-state index in [1.54, 1.807) is 12.4 Å². The van der Waals surface area contributed by atoms with Crippen LogP contribution in [-0.2, 0) is 19.6 Å². The molecule has 2 aliphatic heterocycles. The second-order valence-electron chi connectivity index (χ2n) is 6.47. The summed E-state index contributed by atoms with van der Waals surface area (Å²) in [7, 11) is 0. The number of benzene rings is 1. The zero-order chi connectivity index (χ0) is 15.6. The summed E-state index contributed by atoms with van der Waals surface area (Å²) < 4.78 is 16.6. The van der Waals surface area contributed by atoms with Crippen LogP contribution in [0.3, 0.4) is 0 Å². The van der Waals surface area contributed by atoms with Crippen LogP contribution >= 0.6 is 0 Å². The number of halogens is 1. The maximum atomic E-state index is 14.5. The number of fused-ring (bicyclic) bond motifs is 1. The van der Waals surface area contributed by atoms with Crippen molar-refractivity contribution in [3.63, 3.8) is 0 Å². The smallest absolute Gasteiger partial charge is 0.147 e. The molecule has 0 saturated carbocycles. The zero-order valence-electron chi connectivity index (χ0n) is 13.3. The van der Waals surface area contributed by atoms with Crippen molar-refractivity contribution in [2.45, 2.75) is 38.9 Å². The summed E-state index contributed by atoms with van der Waals surface area (Å²) in [5.41, 5.74) is 1.78. The maximum absolute atomic E-state index is 14.5. The number of hydrogen-bond acceptors (Lipinski definition) is 4. The van der Waals surface area contributed by atoms with Crippen LogP contribution in [0.15, 0.2) is 24.5 Å². The summed E-state index contributed by atoms with van der Waals surface area (Å²) in [5.74, 6) is 0.863. The van der Waals surface area contributed by atoms with Crippen LogP contribution < -0.4 is 4.90 Å². The highest BCUT2D eigenvalue weighted by atomic mass is 19.1. The molecule has 23 heavy (non-hydrogen) atoms. The minimum absolute atomic E-state index is 0.0971. The SMILES string of the molecule is Fc1cc(N2CCCCC2)ccc1CN1CCn2cnnc2C1. The van der Waals surface area contributed by atoms with Crippen LogP contribution in [0.25, 0.3) is 0 Å². The lowest BCUT2D eigenvalue weighted by atomic mass is 10.1. The van der Waals surface area contributed by atoms with E-state index in [0.717, 1.165) is 49.8 Å². The Morgan fingerprint density at radius 1 is 1.04 bits per heavy atom. The van der Waals surface area contributed by atoms with Gasteiger partial charge in [-0.25, -0.2) is 4.39 Å². The van der Waals surface area contributed by atoms with Crippen LogP contribution in [0.5, 0.6) is 0 Å². The largest absolute Gasteiger partial charge is 0.371 e. The van der Waals surface area contributed by atoms with Gasteiger partial charge in [-0.3, -0.25) is 4.90 Å². The van der Waals surface area contributed by atoms with Crippen LogP contribution in [-0.4, -0.2) is 39.3 Å². The minimum Gasteiger partial charge on any atom is -0.371 e. The third kappa shape index (κ3) is 3.08. The first-order valence-corrected chi connectivity index (χ1v) is 8.42. The van der Waals surface area contributed by atoms with Crippen molar-refractivity contribution in [1.82, 2.24) is 19.7 Å². The second-order valence-corrected chi connectivity index (χ2v) is 6.47. The molecule has 0 aliphatic carbocycles. The van der Waals surface area contributed by atoms with Gasteiger partial charge in [-0.2, -0.15) is 0 Å². The molecular weight excluding hydrogens is 293 g/mol. The molecule has 5 nitrogen and oxygen atoms in total. The van der Waals surface area contributed by atoms with Crippen LogP contribution in [0, 0.1) is 5.82 Å². The quantitative estimate of drug-likeness (QED) is 0.872. The van der Waals surface area contributed by atoms with E-state index in [1.165, 1.54) is 19.3 Å². The Morgan fingerprint density at radius 3 is 2.74 bits per heavy atom. The van der Waals surface area contributed by atoms with Crippen LogP contribution in [0.2, 0.25) is 0 Å². The molecule has 0 radical (unpaired) electrons. The Hall–Kier alpha value is -1.95. The average molecular weight is 315 g/mol. The normalized spacial score (nSPS) is 18.9. The van der Waals surface area contributed by atoms with Gasteiger partial charge in [-0.15, -0.1) is 10.2 Å². The molecule has 1 fully saturated rings. The molecule has 0 bridgehead atoms. The molecule has 0 atom stereocenters. The van der Waals surface area contributed by atoms with Gasteiger partial charge in [0.25, 0.3) is 0 Å². The summed E-state index contributed by atoms with van der Waals surface area (Å²) in [6.07, 6.45) is 5.47. The summed E-state index contributed by atoms with van der Waals surface area (Å²) in [5, 5.41) is 8.05. The Bertz CT molecular complexity index is 677. The molecule has 2 aromatic rings. The molecule has 0 amide bonds. The van der Waals surface area contributed by atoms with E-state index in [9.17, 15) is 4.39 Å². The monoisotopic (exact) mass is 315 g/mol. The topological polar surface area (TPSA) is 37.2 Å². The van der Waals surface area contributed by atoms with Crippen LogP contribution in [0.4, 0.5) is 10.1 Å². The highest BCUT2D eigenvalue weighted by Crippen LogP contribution is 2.24. The first-order valence-electron chi connectivity index (χ1n) is 8.42. The van der Waals surface area contributed by atoms with Crippen molar-refractivity contribution in [3.8, 4) is 0 Å². The van der Waals surface area contributed by atoms with Crippen molar-refractivity contribution in [2.24, 2.45) is 0 Å². The number of aromatic nitrogens is 3. The van der Waals surface area contributed by atoms with Gasteiger partial charge in [0, 0.05) is 44.0 Å². The Labute approximate surface area is 135 Å². The molecule has 2 aliphatic rings. The fourth-order valence-corrected chi connectivity index (χ4v) is 3.51. The second kappa shape index (κ2) is 6.28. The van der Waals surface area contributed by atoms with Crippen molar-refractivity contribution in [3.05, 3.63) is 41.7 Å². The van der Waals surface area contributed by atoms with E-state index in [1.807, 2.05) is 6.07 Å². The molecule has 122 valence electrons. The Morgan fingerprint density at radius 2 is 1.91 bits per heavy atom. The minimum atomic E-state index is -0.0971. The van der Waals surface area contributed by atoms with E-state index in [4.69, 9.17) is 0 Å². The van der Waals surface area contributed by atoms with Crippen molar-refractivity contribution in [1.29, 1.82) is 0 Å². The van der Waals surface area contributed by atoms with Gasteiger partial charge >= 0.3 is 0 Å². The third-order valence-electron chi connectivity index (χ3n) is 4.87. The van der Waals surface area contributed by atoms with E-state index >= 15 is 0 Å². The van der Waals surface area contributed by atoms with Crippen molar-refractivity contribution >= 4 is 5.69 Å².